The van der Waals surface area contributed by atoms with E-state index < -0.39 is 9.84 Å². The molecule has 0 saturated carbocycles. The molecule has 24 heavy (non-hydrogen) atoms. The Morgan fingerprint density at radius 3 is 2.79 bits per heavy atom. The maximum atomic E-state index is 11.9. The Kier molecular flexibility index (Phi) is 3.85. The summed E-state index contributed by atoms with van der Waals surface area (Å²) in [6.45, 7) is 2.73. The van der Waals surface area contributed by atoms with E-state index in [1.165, 1.54) is 11.8 Å². The van der Waals surface area contributed by atoms with Gasteiger partial charge in [0.15, 0.2) is 9.84 Å². The number of sulfone groups is 1. The number of fused-ring (bicyclic) bond motifs is 3. The molecule has 4 rings (SSSR count). The van der Waals surface area contributed by atoms with Crippen molar-refractivity contribution in [2.75, 3.05) is 26.0 Å². The van der Waals surface area contributed by atoms with Crippen LogP contribution in [0.3, 0.4) is 0 Å². The van der Waals surface area contributed by atoms with Crippen molar-refractivity contribution in [2.24, 2.45) is 5.92 Å². The Hall–Kier alpha value is -1.85. The maximum Gasteiger partial charge on any atom is 0.175 e. The smallest absolute Gasteiger partial charge is 0.175 e. The Labute approximate surface area is 142 Å². The maximum absolute atomic E-state index is 11.9. The predicted molar refractivity (Wildman–Crippen MR) is 94.2 cm³/mol. The summed E-state index contributed by atoms with van der Waals surface area (Å²) in [5, 5.41) is 3.49. The summed E-state index contributed by atoms with van der Waals surface area (Å²) < 4.78 is 29.9. The fraction of sp³-hybridized carbons (Fsp3) is 0.368. The number of ether oxygens (including phenoxy) is 1. The van der Waals surface area contributed by atoms with Gasteiger partial charge in [-0.3, -0.25) is 0 Å². The van der Waals surface area contributed by atoms with Gasteiger partial charge in [0, 0.05) is 24.3 Å². The second kappa shape index (κ2) is 5.90. The lowest BCUT2D eigenvalue weighted by molar-refractivity contribution is 0.297. The minimum absolute atomic E-state index is 0.339. The largest absolute Gasteiger partial charge is 0.493 e. The van der Waals surface area contributed by atoms with Gasteiger partial charge in [0.1, 0.15) is 5.75 Å². The summed E-state index contributed by atoms with van der Waals surface area (Å²) in [5.41, 5.74) is 3.11. The molecule has 126 valence electrons. The molecule has 2 unspecified atom stereocenters. The molecule has 2 aliphatic rings. The first-order chi connectivity index (χ1) is 11.5. The Morgan fingerprint density at radius 2 is 1.96 bits per heavy atom. The Bertz CT molecular complexity index is 876. The van der Waals surface area contributed by atoms with Gasteiger partial charge in [0.05, 0.1) is 11.5 Å². The van der Waals surface area contributed by atoms with Crippen LogP contribution in [0.15, 0.2) is 47.4 Å². The highest BCUT2D eigenvalue weighted by Gasteiger charge is 2.33. The third-order valence-electron chi connectivity index (χ3n) is 5.09. The fourth-order valence-corrected chi connectivity index (χ4v) is 4.51. The lowest BCUT2D eigenvalue weighted by atomic mass is 9.86. The van der Waals surface area contributed by atoms with Crippen molar-refractivity contribution in [2.45, 2.75) is 17.2 Å². The summed E-state index contributed by atoms with van der Waals surface area (Å²) >= 11 is 0. The van der Waals surface area contributed by atoms with Crippen molar-refractivity contribution in [3.05, 3.63) is 48.0 Å². The summed E-state index contributed by atoms with van der Waals surface area (Å²) in [4.78, 5) is 0.339. The first-order valence-corrected chi connectivity index (χ1v) is 10.2. The van der Waals surface area contributed by atoms with Crippen LogP contribution in [0, 0.1) is 5.92 Å². The van der Waals surface area contributed by atoms with Crippen molar-refractivity contribution in [3.63, 3.8) is 0 Å². The first kappa shape index (κ1) is 15.7. The van der Waals surface area contributed by atoms with E-state index in [0.717, 1.165) is 36.4 Å². The van der Waals surface area contributed by atoms with E-state index in [2.05, 4.69) is 11.4 Å². The minimum atomic E-state index is -3.23. The molecule has 0 aromatic heterocycles. The number of hydrogen-bond donors (Lipinski definition) is 1. The van der Waals surface area contributed by atoms with Crippen LogP contribution in [0.2, 0.25) is 0 Å². The predicted octanol–water partition coefficient (Wildman–Crippen LogP) is 2.84. The molecule has 2 aromatic rings. The van der Waals surface area contributed by atoms with Crippen molar-refractivity contribution in [1.82, 2.24) is 5.32 Å². The summed E-state index contributed by atoms with van der Waals surface area (Å²) in [5.74, 6) is 2.00. The zero-order chi connectivity index (χ0) is 16.7. The Morgan fingerprint density at radius 1 is 1.12 bits per heavy atom. The van der Waals surface area contributed by atoms with Gasteiger partial charge in [-0.15, -0.1) is 0 Å². The molecule has 2 heterocycles. The molecule has 0 aliphatic carbocycles. The van der Waals surface area contributed by atoms with Gasteiger partial charge < -0.3 is 10.1 Å². The van der Waals surface area contributed by atoms with Crippen molar-refractivity contribution >= 4 is 9.84 Å². The van der Waals surface area contributed by atoms with Crippen LogP contribution in [-0.2, 0) is 9.84 Å². The Balaban J connectivity index is 1.85. The first-order valence-electron chi connectivity index (χ1n) is 8.31. The third-order valence-corrected chi connectivity index (χ3v) is 6.20. The number of para-hydroxylation sites is 1. The van der Waals surface area contributed by atoms with Crippen molar-refractivity contribution in [1.29, 1.82) is 0 Å². The fourth-order valence-electron chi connectivity index (χ4n) is 3.84. The van der Waals surface area contributed by atoms with Crippen LogP contribution in [0.5, 0.6) is 5.75 Å². The number of benzene rings is 2. The highest BCUT2D eigenvalue weighted by atomic mass is 32.2. The average molecular weight is 343 g/mol. The second-order valence-corrected chi connectivity index (χ2v) is 8.70. The van der Waals surface area contributed by atoms with Crippen LogP contribution >= 0.6 is 0 Å². The van der Waals surface area contributed by atoms with E-state index in [4.69, 9.17) is 4.74 Å². The van der Waals surface area contributed by atoms with Crippen LogP contribution in [0.25, 0.3) is 11.1 Å². The monoisotopic (exact) mass is 343 g/mol. The number of nitrogens with one attached hydrogen (secondary N) is 1. The quantitative estimate of drug-likeness (QED) is 0.911. The standard InChI is InChI=1S/C19H21NO3S/c1-24(21,22)15-5-2-4-13(10-15)16-6-3-7-17-18-12-20-11-14(18)8-9-23-19(16)17/h2-7,10,14,18,20H,8-9,11-12H2,1H3. The molecule has 2 atom stereocenters. The van der Waals surface area contributed by atoms with Crippen LogP contribution in [0.1, 0.15) is 17.9 Å². The van der Waals surface area contributed by atoms with E-state index in [1.807, 2.05) is 18.2 Å². The van der Waals surface area contributed by atoms with E-state index in [0.29, 0.717) is 23.3 Å². The minimum Gasteiger partial charge on any atom is -0.493 e. The van der Waals surface area contributed by atoms with E-state index in [9.17, 15) is 8.42 Å². The number of rotatable bonds is 2. The van der Waals surface area contributed by atoms with Gasteiger partial charge in [-0.1, -0.05) is 30.3 Å². The summed E-state index contributed by atoms with van der Waals surface area (Å²) in [6.07, 6.45) is 2.29. The normalized spacial score (nSPS) is 23.0. The molecular weight excluding hydrogens is 322 g/mol. The van der Waals surface area contributed by atoms with E-state index in [-0.39, 0.29) is 0 Å². The lowest BCUT2D eigenvalue weighted by Gasteiger charge is -2.18. The zero-order valence-electron chi connectivity index (χ0n) is 13.7. The highest BCUT2D eigenvalue weighted by Crippen LogP contribution is 2.43. The van der Waals surface area contributed by atoms with E-state index in [1.54, 1.807) is 18.2 Å². The highest BCUT2D eigenvalue weighted by molar-refractivity contribution is 7.90. The lowest BCUT2D eigenvalue weighted by Crippen LogP contribution is -2.11. The molecule has 1 fully saturated rings. The molecule has 5 heteroatoms. The van der Waals surface area contributed by atoms with Gasteiger partial charge >= 0.3 is 0 Å². The SMILES string of the molecule is CS(=O)(=O)c1cccc(-c2cccc3c2OCCC2CNCC32)c1. The average Bonchev–Trinajstić information content (AvgIpc) is 2.95. The van der Waals surface area contributed by atoms with Crippen LogP contribution in [0.4, 0.5) is 0 Å². The topological polar surface area (TPSA) is 55.4 Å². The van der Waals surface area contributed by atoms with Crippen LogP contribution < -0.4 is 10.1 Å². The summed E-state index contributed by atoms with van der Waals surface area (Å²) in [7, 11) is -3.23. The van der Waals surface area contributed by atoms with E-state index >= 15 is 0 Å². The van der Waals surface area contributed by atoms with Gasteiger partial charge in [0.2, 0.25) is 0 Å². The molecular formula is C19H21NO3S. The molecule has 0 bridgehead atoms. The zero-order valence-corrected chi connectivity index (χ0v) is 14.5. The molecule has 1 saturated heterocycles. The third kappa shape index (κ3) is 2.72. The molecule has 2 aromatic carbocycles. The van der Waals surface area contributed by atoms with Gasteiger partial charge in [0.25, 0.3) is 0 Å². The van der Waals surface area contributed by atoms with Gasteiger partial charge in [-0.2, -0.15) is 0 Å². The van der Waals surface area contributed by atoms with Gasteiger partial charge in [-0.25, -0.2) is 8.42 Å². The van der Waals surface area contributed by atoms with Gasteiger partial charge in [-0.05, 0) is 42.1 Å². The molecule has 1 N–H and O–H groups in total. The molecule has 0 spiro atoms. The van der Waals surface area contributed by atoms with Crippen molar-refractivity contribution < 1.29 is 13.2 Å². The van der Waals surface area contributed by atoms with Crippen molar-refractivity contribution in [3.8, 4) is 16.9 Å². The molecule has 0 amide bonds. The molecule has 2 aliphatic heterocycles. The number of hydrogen-bond acceptors (Lipinski definition) is 4. The summed E-state index contributed by atoms with van der Waals surface area (Å²) in [6, 6.07) is 13.3. The molecule has 4 nitrogen and oxygen atoms in total. The second-order valence-electron chi connectivity index (χ2n) is 6.69. The van der Waals surface area contributed by atoms with Crippen LogP contribution in [-0.4, -0.2) is 34.4 Å². The molecule has 0 radical (unpaired) electrons.